The number of hydrogen-bond acceptors (Lipinski definition) is 1. The molecule has 2 nitrogen and oxygen atoms in total. The number of carbonyl (C=O) groups excluding carboxylic acids is 1. The first-order valence-electron chi connectivity index (χ1n) is 12.4. The smallest absolute Gasteiger partial charge is 0.206 e. The third kappa shape index (κ3) is 8.05. The van der Waals surface area contributed by atoms with Crippen LogP contribution in [0.4, 0.5) is 5.69 Å². The number of rotatable bonds is 12. The number of para-hydroxylation sites is 1. The van der Waals surface area contributed by atoms with E-state index in [1.54, 1.807) is 0 Å². The Morgan fingerprint density at radius 2 is 1.42 bits per heavy atom. The molecule has 0 saturated carbocycles. The molecule has 2 aliphatic rings. The molecule has 0 fully saturated rings. The number of carbonyl (C=O) groups is 1. The Labute approximate surface area is 216 Å². The fourth-order valence-corrected chi connectivity index (χ4v) is 5.63. The van der Waals surface area contributed by atoms with E-state index in [9.17, 15) is 4.79 Å². The Kier molecular flexibility index (Phi) is 11.1. The summed E-state index contributed by atoms with van der Waals surface area (Å²) >= 11 is 6.70. The van der Waals surface area contributed by atoms with Crippen molar-refractivity contribution in [3.05, 3.63) is 80.9 Å². The zero-order valence-corrected chi connectivity index (χ0v) is 22.9. The van der Waals surface area contributed by atoms with Crippen LogP contribution in [0.1, 0.15) is 76.7 Å². The van der Waals surface area contributed by atoms with Gasteiger partial charge in [0, 0.05) is 11.6 Å². The molecule has 1 atom stereocenters. The van der Waals surface area contributed by atoms with Crippen LogP contribution in [0.5, 0.6) is 0 Å². The lowest BCUT2D eigenvalue weighted by Crippen LogP contribution is -3.03. The van der Waals surface area contributed by atoms with Gasteiger partial charge in [0.15, 0.2) is 0 Å². The molecule has 1 aliphatic heterocycles. The van der Waals surface area contributed by atoms with Gasteiger partial charge in [-0.15, -0.1) is 0 Å². The van der Waals surface area contributed by atoms with Crippen molar-refractivity contribution in [1.29, 1.82) is 0 Å². The van der Waals surface area contributed by atoms with Crippen molar-refractivity contribution < 1.29 is 9.69 Å². The van der Waals surface area contributed by atoms with Crippen LogP contribution < -0.4 is 4.90 Å². The first-order chi connectivity index (χ1) is 16.1. The van der Waals surface area contributed by atoms with Gasteiger partial charge >= 0.3 is 0 Å². The highest BCUT2D eigenvalue weighted by atomic mass is 79.9. The average Bonchev–Trinajstić information content (AvgIpc) is 2.82. The summed E-state index contributed by atoms with van der Waals surface area (Å²) in [5.74, 6) is -0.0195. The highest BCUT2D eigenvalue weighted by Crippen LogP contribution is 2.28. The van der Waals surface area contributed by atoms with Crippen LogP contribution in [0.15, 0.2) is 75.4 Å². The van der Waals surface area contributed by atoms with Crippen molar-refractivity contribution in [2.75, 3.05) is 6.54 Å². The molecule has 176 valence electrons. The van der Waals surface area contributed by atoms with Gasteiger partial charge in [0.25, 0.3) is 0 Å². The lowest BCUT2D eigenvalue weighted by atomic mass is 9.98. The minimum absolute atomic E-state index is 0.0195. The second-order valence-electron chi connectivity index (χ2n) is 8.94. The second kappa shape index (κ2) is 14.0. The van der Waals surface area contributed by atoms with Gasteiger partial charge in [0.1, 0.15) is 5.69 Å². The number of quaternary nitrogens is 1. The Balaban J connectivity index is 1.53. The van der Waals surface area contributed by atoms with Gasteiger partial charge in [-0.25, -0.2) is 0 Å². The molecule has 4 heteroatoms. The Morgan fingerprint density at radius 3 is 2.09 bits per heavy atom. The maximum absolute atomic E-state index is 11.9. The molecule has 1 unspecified atom stereocenters. The Bertz CT molecular complexity index is 944. The number of unbranched alkanes of at least 4 members (excludes halogenated alkanes) is 9. The molecule has 0 radical (unpaired) electrons. The second-order valence-corrected chi connectivity index (χ2v) is 10.6. The van der Waals surface area contributed by atoms with E-state index in [1.165, 1.54) is 85.9 Å². The van der Waals surface area contributed by atoms with Gasteiger partial charge < -0.3 is 0 Å². The van der Waals surface area contributed by atoms with E-state index in [0.717, 1.165) is 12.1 Å². The van der Waals surface area contributed by atoms with E-state index in [4.69, 9.17) is 0 Å². The van der Waals surface area contributed by atoms with Crippen molar-refractivity contribution in [3.8, 4) is 0 Å². The summed E-state index contributed by atoms with van der Waals surface area (Å²) in [6, 6.07) is 8.71. The van der Waals surface area contributed by atoms with E-state index in [-0.39, 0.29) is 5.78 Å². The van der Waals surface area contributed by atoms with Crippen molar-refractivity contribution in [2.45, 2.75) is 71.1 Å². The van der Waals surface area contributed by atoms with Crippen LogP contribution >= 0.6 is 31.9 Å². The third-order valence-corrected chi connectivity index (χ3v) is 7.50. The van der Waals surface area contributed by atoms with E-state index in [0.29, 0.717) is 8.96 Å². The SMILES string of the molecule is CCCCCCCCCCCC[NH+]1C=CC(=CC=C2C=C(Br)C(=O)C(Br)=C2)c2ccccc21. The van der Waals surface area contributed by atoms with E-state index >= 15 is 0 Å². The zero-order valence-electron chi connectivity index (χ0n) is 19.7. The predicted molar refractivity (Wildman–Crippen MR) is 148 cm³/mol. The monoisotopic (exact) mass is 572 g/mol. The number of halogens is 2. The van der Waals surface area contributed by atoms with Crippen molar-refractivity contribution in [2.24, 2.45) is 0 Å². The maximum Gasteiger partial charge on any atom is 0.206 e. The first-order valence-corrected chi connectivity index (χ1v) is 14.0. The summed E-state index contributed by atoms with van der Waals surface area (Å²) in [6.45, 7) is 3.42. The number of nitrogens with one attached hydrogen (secondary N) is 1. The van der Waals surface area contributed by atoms with Crippen LogP contribution in [0.25, 0.3) is 5.57 Å². The van der Waals surface area contributed by atoms with Gasteiger partial charge in [-0.3, -0.25) is 9.69 Å². The molecule has 1 N–H and O–H groups in total. The summed E-state index contributed by atoms with van der Waals surface area (Å²) in [6.07, 6.45) is 26.2. The van der Waals surface area contributed by atoms with Crippen molar-refractivity contribution in [3.63, 3.8) is 0 Å². The molecule has 1 aromatic rings. The van der Waals surface area contributed by atoms with Gasteiger partial charge in [0.05, 0.1) is 21.7 Å². The first kappa shape index (κ1) is 26.1. The molecule has 0 bridgehead atoms. The molecule has 0 saturated heterocycles. The Hall–Kier alpha value is -1.49. The van der Waals surface area contributed by atoms with E-state index < -0.39 is 0 Å². The van der Waals surface area contributed by atoms with Gasteiger partial charge in [-0.1, -0.05) is 82.6 Å². The van der Waals surface area contributed by atoms with E-state index in [2.05, 4.69) is 87.5 Å². The van der Waals surface area contributed by atoms with Crippen molar-refractivity contribution >= 4 is 48.9 Å². The molecular formula is C29H36Br2NO+. The molecule has 0 aromatic heterocycles. The standard InChI is InChI=1S/C29H35Br2NO/c1-2-3-4-5-6-7-8-9-10-13-19-32-20-18-24(25-14-11-12-15-28(25)32)17-16-23-21-26(30)29(33)27(31)22-23/h11-12,14-18,20-22H,2-10,13,19H2,1H3/p+1. The molecule has 0 spiro atoms. The average molecular weight is 574 g/mol. The van der Waals surface area contributed by atoms with Gasteiger partial charge in [-0.05, 0) is 80.1 Å². The molecule has 3 rings (SSSR count). The lowest BCUT2D eigenvalue weighted by molar-refractivity contribution is -0.776. The minimum Gasteiger partial charge on any atom is -0.287 e. The summed E-state index contributed by atoms with van der Waals surface area (Å²) in [7, 11) is 0. The van der Waals surface area contributed by atoms with Crippen LogP contribution in [0.2, 0.25) is 0 Å². The van der Waals surface area contributed by atoms with Gasteiger partial charge in [-0.2, -0.15) is 0 Å². The van der Waals surface area contributed by atoms with Crippen LogP contribution in [0, 0.1) is 0 Å². The quantitative estimate of drug-likeness (QED) is 0.251. The van der Waals surface area contributed by atoms with Crippen LogP contribution in [-0.2, 0) is 4.79 Å². The van der Waals surface area contributed by atoms with Crippen LogP contribution in [-0.4, -0.2) is 12.3 Å². The fourth-order valence-electron chi connectivity index (χ4n) is 4.41. The molecule has 33 heavy (non-hydrogen) atoms. The highest BCUT2D eigenvalue weighted by Gasteiger charge is 2.20. The maximum atomic E-state index is 11.9. The summed E-state index contributed by atoms with van der Waals surface area (Å²) < 4.78 is 1.15. The predicted octanol–water partition coefficient (Wildman–Crippen LogP) is 8.10. The lowest BCUT2D eigenvalue weighted by Gasteiger charge is -2.22. The highest BCUT2D eigenvalue weighted by molar-refractivity contribution is 9.13. The Morgan fingerprint density at radius 1 is 0.818 bits per heavy atom. The fraction of sp³-hybridized carbons (Fsp3) is 0.414. The largest absolute Gasteiger partial charge is 0.287 e. The number of hydrogen-bond donors (Lipinski definition) is 1. The normalized spacial score (nSPS) is 18.9. The van der Waals surface area contributed by atoms with E-state index in [1.807, 2.05) is 12.2 Å². The zero-order chi connectivity index (χ0) is 23.5. The molecule has 1 heterocycles. The molecule has 0 amide bonds. The number of ketones is 1. The third-order valence-electron chi connectivity index (χ3n) is 6.32. The number of benzene rings is 1. The van der Waals surface area contributed by atoms with Crippen LogP contribution in [0.3, 0.4) is 0 Å². The van der Waals surface area contributed by atoms with Gasteiger partial charge in [0.2, 0.25) is 5.78 Å². The number of fused-ring (bicyclic) bond motifs is 1. The minimum atomic E-state index is -0.0195. The summed E-state index contributed by atoms with van der Waals surface area (Å²) in [4.78, 5) is 13.3. The summed E-state index contributed by atoms with van der Waals surface area (Å²) in [5.41, 5.74) is 4.84. The van der Waals surface area contributed by atoms with Crippen molar-refractivity contribution in [1.82, 2.24) is 0 Å². The topological polar surface area (TPSA) is 21.5 Å². The molecule has 1 aliphatic carbocycles. The number of Topliss-reactive ketones (excluding diaryl/α,β-unsaturated/α-hetero) is 1. The summed E-state index contributed by atoms with van der Waals surface area (Å²) in [5, 5.41) is 0. The number of allylic oxidation sites excluding steroid dienone is 9. The molecule has 1 aromatic carbocycles. The molecular weight excluding hydrogens is 538 g/mol.